The van der Waals surface area contributed by atoms with Crippen LogP contribution in [0.15, 0.2) is 12.2 Å². The molecule has 0 saturated heterocycles. The van der Waals surface area contributed by atoms with E-state index in [1.807, 2.05) is 0 Å². The molecule has 22 heavy (non-hydrogen) atoms. The van der Waals surface area contributed by atoms with Gasteiger partial charge in [-0.25, -0.2) is 0 Å². The highest BCUT2D eigenvalue weighted by molar-refractivity contribution is 5.15. The molecule has 122 valence electrons. The molecule has 0 aromatic heterocycles. The zero-order valence-electron chi connectivity index (χ0n) is 14.3. The zero-order chi connectivity index (χ0) is 16.0. The van der Waals surface area contributed by atoms with E-state index in [-0.39, 0.29) is 11.5 Å². The van der Waals surface area contributed by atoms with Crippen molar-refractivity contribution in [3.63, 3.8) is 0 Å². The van der Waals surface area contributed by atoms with Crippen molar-refractivity contribution in [2.24, 2.45) is 34.5 Å². The molecule has 0 aliphatic heterocycles. The summed E-state index contributed by atoms with van der Waals surface area (Å²) in [6, 6.07) is 0. The van der Waals surface area contributed by atoms with Crippen LogP contribution in [0.4, 0.5) is 0 Å². The normalized spacial score (nSPS) is 52.7. The Labute approximate surface area is 136 Å². The van der Waals surface area contributed by atoms with E-state index in [0.717, 1.165) is 30.1 Å². The Kier molecular flexibility index (Phi) is 4.19. The Balaban J connectivity index is 0.000000693. The van der Waals surface area contributed by atoms with Crippen LogP contribution >= 0.6 is 0 Å². The van der Waals surface area contributed by atoms with Gasteiger partial charge in [-0.2, -0.15) is 0 Å². The van der Waals surface area contributed by atoms with Crippen LogP contribution in [0.25, 0.3) is 0 Å². The molecule has 3 unspecified atom stereocenters. The predicted octanol–water partition coefficient (Wildman–Crippen LogP) is 4.81. The first kappa shape index (κ1) is 16.1. The van der Waals surface area contributed by atoms with Crippen molar-refractivity contribution >= 4 is 0 Å². The minimum absolute atomic E-state index is 0.0270. The second-order valence-corrected chi connectivity index (χ2v) is 8.63. The summed E-state index contributed by atoms with van der Waals surface area (Å²) in [4.78, 5) is 0. The summed E-state index contributed by atoms with van der Waals surface area (Å²) in [5, 5.41) is 10.5. The van der Waals surface area contributed by atoms with Crippen LogP contribution in [0.3, 0.4) is 0 Å². The van der Waals surface area contributed by atoms with Gasteiger partial charge >= 0.3 is 0 Å². The molecule has 0 heterocycles. The Bertz CT molecular complexity index is 464. The van der Waals surface area contributed by atoms with Crippen molar-refractivity contribution in [3.8, 4) is 12.8 Å². The standard InChI is InChI=1S/C19H30O.C2H2/c1-18-11-4-3-5-13(18)6-7-14-15-8-9-17(20)19(15,2)12-10-16(14)18;1-2/h4,11,13-17,20H,3,5-10,12H2,1-2H3;1-2H/t13?,14-,15?,16?,17-,18-,19-;/m0./s1. The maximum atomic E-state index is 10.5. The third-order valence-corrected chi connectivity index (χ3v) is 8.07. The lowest BCUT2D eigenvalue weighted by Gasteiger charge is -2.58. The van der Waals surface area contributed by atoms with Gasteiger partial charge < -0.3 is 5.11 Å². The minimum Gasteiger partial charge on any atom is -0.393 e. The molecule has 3 saturated carbocycles. The van der Waals surface area contributed by atoms with E-state index in [0.29, 0.717) is 5.41 Å². The van der Waals surface area contributed by atoms with E-state index >= 15 is 0 Å². The van der Waals surface area contributed by atoms with Crippen molar-refractivity contribution in [3.05, 3.63) is 12.2 Å². The molecule has 4 aliphatic carbocycles. The summed E-state index contributed by atoms with van der Waals surface area (Å²) < 4.78 is 0. The number of aliphatic hydroxyl groups excluding tert-OH is 1. The van der Waals surface area contributed by atoms with Gasteiger partial charge in [0.05, 0.1) is 6.10 Å². The number of terminal acetylenes is 1. The molecule has 4 rings (SSSR count). The van der Waals surface area contributed by atoms with Gasteiger partial charge in [0, 0.05) is 0 Å². The summed E-state index contributed by atoms with van der Waals surface area (Å²) in [5.74, 6) is 3.50. The van der Waals surface area contributed by atoms with E-state index in [1.54, 1.807) is 0 Å². The van der Waals surface area contributed by atoms with Crippen LogP contribution in [-0.2, 0) is 0 Å². The van der Waals surface area contributed by atoms with Crippen LogP contribution in [0, 0.1) is 47.3 Å². The predicted molar refractivity (Wildman–Crippen MR) is 92.1 cm³/mol. The number of aliphatic hydroxyl groups is 1. The third kappa shape index (κ3) is 2.10. The minimum atomic E-state index is -0.0270. The molecule has 0 bridgehead atoms. The van der Waals surface area contributed by atoms with Crippen LogP contribution in [0.5, 0.6) is 0 Å². The maximum Gasteiger partial charge on any atom is 0.0596 e. The van der Waals surface area contributed by atoms with Gasteiger partial charge in [0.25, 0.3) is 0 Å². The van der Waals surface area contributed by atoms with Gasteiger partial charge in [-0.05, 0) is 85.9 Å². The summed E-state index contributed by atoms with van der Waals surface area (Å²) in [5.41, 5.74) is 0.707. The van der Waals surface area contributed by atoms with E-state index < -0.39 is 0 Å². The van der Waals surface area contributed by atoms with Crippen LogP contribution in [0.2, 0.25) is 0 Å². The fourth-order valence-electron chi connectivity index (χ4n) is 6.79. The molecule has 0 aromatic rings. The van der Waals surface area contributed by atoms with Crippen molar-refractivity contribution in [2.45, 2.75) is 71.3 Å². The Morgan fingerprint density at radius 2 is 1.73 bits per heavy atom. The summed E-state index contributed by atoms with van der Waals surface area (Å²) in [6.07, 6.45) is 23.6. The van der Waals surface area contributed by atoms with Gasteiger partial charge in [0.15, 0.2) is 0 Å². The van der Waals surface area contributed by atoms with Gasteiger partial charge in [-0.3, -0.25) is 0 Å². The number of hydrogen-bond acceptors (Lipinski definition) is 1. The molecule has 0 amide bonds. The molecule has 4 aliphatic rings. The molecule has 0 radical (unpaired) electrons. The van der Waals surface area contributed by atoms with E-state index in [1.165, 1.54) is 44.9 Å². The summed E-state index contributed by atoms with van der Waals surface area (Å²) in [7, 11) is 0. The molecule has 0 spiro atoms. The first-order chi connectivity index (χ1) is 10.6. The first-order valence-corrected chi connectivity index (χ1v) is 9.25. The first-order valence-electron chi connectivity index (χ1n) is 9.25. The largest absolute Gasteiger partial charge is 0.393 e. The monoisotopic (exact) mass is 300 g/mol. The highest BCUT2D eigenvalue weighted by atomic mass is 16.3. The Morgan fingerprint density at radius 1 is 0.955 bits per heavy atom. The summed E-state index contributed by atoms with van der Waals surface area (Å²) >= 11 is 0. The molecule has 7 atom stereocenters. The fraction of sp³-hybridized carbons (Fsp3) is 0.810. The molecule has 3 fully saturated rings. The topological polar surface area (TPSA) is 20.2 Å². The van der Waals surface area contributed by atoms with Crippen LogP contribution in [0.1, 0.15) is 65.2 Å². The average Bonchev–Trinajstić information content (AvgIpc) is 2.84. The van der Waals surface area contributed by atoms with Gasteiger partial charge in [-0.1, -0.05) is 26.0 Å². The second-order valence-electron chi connectivity index (χ2n) is 8.63. The fourth-order valence-corrected chi connectivity index (χ4v) is 6.79. The smallest absolute Gasteiger partial charge is 0.0596 e. The molecule has 0 aromatic carbocycles. The van der Waals surface area contributed by atoms with Crippen molar-refractivity contribution in [1.82, 2.24) is 0 Å². The highest BCUT2D eigenvalue weighted by Crippen LogP contribution is 2.65. The highest BCUT2D eigenvalue weighted by Gasteiger charge is 2.58. The second kappa shape index (κ2) is 5.72. The van der Waals surface area contributed by atoms with Crippen molar-refractivity contribution < 1.29 is 5.11 Å². The van der Waals surface area contributed by atoms with E-state index in [2.05, 4.69) is 38.8 Å². The molecule has 1 nitrogen and oxygen atoms in total. The Morgan fingerprint density at radius 3 is 2.50 bits per heavy atom. The average molecular weight is 300 g/mol. The van der Waals surface area contributed by atoms with Gasteiger partial charge in [0.2, 0.25) is 0 Å². The molecular weight excluding hydrogens is 268 g/mol. The number of hydrogen-bond donors (Lipinski definition) is 1. The zero-order valence-corrected chi connectivity index (χ0v) is 14.3. The van der Waals surface area contributed by atoms with Crippen LogP contribution < -0.4 is 0 Å². The quantitative estimate of drug-likeness (QED) is 0.503. The lowest BCUT2D eigenvalue weighted by molar-refractivity contribution is -0.0944. The lowest BCUT2D eigenvalue weighted by Crippen LogP contribution is -2.52. The van der Waals surface area contributed by atoms with E-state index in [9.17, 15) is 5.11 Å². The van der Waals surface area contributed by atoms with Gasteiger partial charge in [0.1, 0.15) is 0 Å². The number of fused-ring (bicyclic) bond motifs is 5. The lowest BCUT2D eigenvalue weighted by atomic mass is 9.46. The van der Waals surface area contributed by atoms with Crippen molar-refractivity contribution in [1.29, 1.82) is 0 Å². The number of rotatable bonds is 0. The number of allylic oxidation sites excluding steroid dienone is 2. The maximum absolute atomic E-state index is 10.5. The van der Waals surface area contributed by atoms with Crippen molar-refractivity contribution in [2.75, 3.05) is 0 Å². The molecular formula is C21H32O. The summed E-state index contributed by atoms with van der Waals surface area (Å²) in [6.45, 7) is 4.94. The molecule has 1 heteroatoms. The van der Waals surface area contributed by atoms with Gasteiger partial charge in [-0.15, -0.1) is 12.8 Å². The third-order valence-electron chi connectivity index (χ3n) is 8.07. The van der Waals surface area contributed by atoms with E-state index in [4.69, 9.17) is 0 Å². The van der Waals surface area contributed by atoms with Crippen LogP contribution in [-0.4, -0.2) is 11.2 Å². The Hall–Kier alpha value is -0.740. The molecule has 1 N–H and O–H groups in total. The SMILES string of the molecule is C#C.C[C@]12C=CCCC1CC[C@@H]1C2CC[C@@]2(C)C1CC[C@@H]2O.